The van der Waals surface area contributed by atoms with Crippen molar-refractivity contribution in [1.82, 2.24) is 19.5 Å². The number of aromatic nitrogens is 4. The van der Waals surface area contributed by atoms with E-state index in [4.69, 9.17) is 5.73 Å². The van der Waals surface area contributed by atoms with Crippen LogP contribution in [0.3, 0.4) is 0 Å². The van der Waals surface area contributed by atoms with Crippen LogP contribution in [0.5, 0.6) is 0 Å². The van der Waals surface area contributed by atoms with Gasteiger partial charge in [-0.05, 0) is 13.8 Å². The molecule has 0 saturated heterocycles. The van der Waals surface area contributed by atoms with E-state index in [2.05, 4.69) is 54.9 Å². The zero-order valence-electron chi connectivity index (χ0n) is 9.07. The van der Waals surface area contributed by atoms with Crippen LogP contribution in [-0.2, 0) is 16.5 Å². The Hall–Kier alpha value is 0.394. The number of nitrogens with zero attached hydrogens (tertiary/aromatic N) is 4. The van der Waals surface area contributed by atoms with Gasteiger partial charge in [0.2, 0.25) is 0 Å². The molecule has 2 aromatic rings. The number of nitrogens with two attached hydrogens (primary N) is 1. The molecule has 0 bridgehead atoms. The molecule has 2 rings (SSSR count). The van der Waals surface area contributed by atoms with E-state index in [9.17, 15) is 0 Å². The molecular formula is C8H11I2N5V. The van der Waals surface area contributed by atoms with Crippen LogP contribution in [0.1, 0.15) is 11.6 Å². The fourth-order valence-corrected chi connectivity index (χ4v) is 1.30. The number of nitrogen functional groups attached to an aromatic ring is 1. The van der Waals surface area contributed by atoms with Crippen LogP contribution in [0, 0.1) is 13.8 Å². The summed E-state index contributed by atoms with van der Waals surface area (Å²) in [5, 5.41) is 0. The zero-order valence-corrected chi connectivity index (χ0v) is 14.8. The van der Waals surface area contributed by atoms with E-state index in [0.717, 1.165) is 11.5 Å². The van der Waals surface area contributed by atoms with Gasteiger partial charge in [0.25, 0.3) is 0 Å². The van der Waals surface area contributed by atoms with Crippen molar-refractivity contribution in [3.8, 4) is 0 Å². The van der Waals surface area contributed by atoms with Gasteiger partial charge in [-0.3, -0.25) is 0 Å². The second-order valence-electron chi connectivity index (χ2n) is 3.11. The molecule has 0 amide bonds. The van der Waals surface area contributed by atoms with Crippen molar-refractivity contribution < 1.29 is 9.47 Å². The fraction of sp³-hybridized carbons (Fsp3) is 0.375. The van der Waals surface area contributed by atoms with Gasteiger partial charge in [-0.25, -0.2) is 15.0 Å². The molecule has 0 aliphatic heterocycles. The van der Waals surface area contributed by atoms with Gasteiger partial charge in [0.1, 0.15) is 11.6 Å². The fourth-order valence-electron chi connectivity index (χ4n) is 1.30. The third-order valence-electron chi connectivity index (χ3n) is 2.08. The van der Waals surface area contributed by atoms with Crippen LogP contribution in [0.25, 0.3) is 11.2 Å². The van der Waals surface area contributed by atoms with Gasteiger partial charge in [0.15, 0.2) is 17.0 Å². The molecule has 0 radical (unpaired) electrons. The summed E-state index contributed by atoms with van der Waals surface area (Å²) in [4.78, 5) is 12.6. The van der Waals surface area contributed by atoms with E-state index < -0.39 is 0 Å². The van der Waals surface area contributed by atoms with Crippen LogP contribution in [-0.4, -0.2) is 19.5 Å². The van der Waals surface area contributed by atoms with E-state index in [1.54, 1.807) is 0 Å². The predicted molar refractivity (Wildman–Crippen MR) is 78.2 cm³/mol. The van der Waals surface area contributed by atoms with Crippen molar-refractivity contribution in [3.05, 3.63) is 11.6 Å². The van der Waals surface area contributed by atoms with Crippen LogP contribution >= 0.6 is 40.0 Å². The molecule has 0 atom stereocenters. The summed E-state index contributed by atoms with van der Waals surface area (Å²) in [6.45, 7) is 3.73. The average molecular weight is 482 g/mol. The number of hydrogen-bond acceptors (Lipinski definition) is 4. The van der Waals surface area contributed by atoms with Gasteiger partial charge >= 0.3 is 49.4 Å². The third kappa shape index (κ3) is 3.20. The van der Waals surface area contributed by atoms with Crippen molar-refractivity contribution in [2.45, 2.75) is 13.8 Å². The first-order chi connectivity index (χ1) is 7.51. The van der Waals surface area contributed by atoms with Gasteiger partial charge in [-0.2, -0.15) is 0 Å². The Labute approximate surface area is 123 Å². The Morgan fingerprint density at radius 1 is 1.19 bits per heavy atom. The number of aryl methyl sites for hydroxylation is 3. The molecule has 87 valence electrons. The minimum atomic E-state index is 0.450. The monoisotopic (exact) mass is 482 g/mol. The standard InChI is InChI=1S/C8H11N5.2HI.V/c1-4-10-7(9)6-8(11-4)13(3)5(2)12-6;;;/h1-3H3,(H2,9,10,11);2*1H;/q;;;+2/p-2. The number of rotatable bonds is 0. The summed E-state index contributed by atoms with van der Waals surface area (Å²) < 4.78 is 1.90. The average Bonchev–Trinajstić information content (AvgIpc) is 2.47. The first-order valence-corrected chi connectivity index (χ1v) is 13.4. The number of hydrogen-bond donors (Lipinski definition) is 1. The summed E-state index contributed by atoms with van der Waals surface area (Å²) in [5.41, 5.74) is 7.19. The van der Waals surface area contributed by atoms with Crippen LogP contribution in [0.15, 0.2) is 0 Å². The maximum atomic E-state index is 5.71. The molecule has 0 aromatic carbocycles. The summed E-state index contributed by atoms with van der Waals surface area (Å²) in [6.07, 6.45) is 0. The number of imidazole rings is 1. The second-order valence-corrected chi connectivity index (χ2v) is 14.9. The van der Waals surface area contributed by atoms with Gasteiger partial charge < -0.3 is 10.3 Å². The summed E-state index contributed by atoms with van der Waals surface area (Å²) in [7, 11) is 2.54. The molecule has 5 nitrogen and oxygen atoms in total. The summed E-state index contributed by atoms with van der Waals surface area (Å²) in [5.74, 6) is 2.01. The molecule has 2 aromatic heterocycles. The van der Waals surface area contributed by atoms with Gasteiger partial charge in [0.05, 0.1) is 0 Å². The summed E-state index contributed by atoms with van der Waals surface area (Å²) >= 11 is 4.74. The van der Waals surface area contributed by atoms with Gasteiger partial charge in [-0.15, -0.1) is 0 Å². The van der Waals surface area contributed by atoms with E-state index in [1.165, 1.54) is 0 Å². The Morgan fingerprint density at radius 2 is 1.75 bits per heavy atom. The van der Waals surface area contributed by atoms with E-state index in [-0.39, 0.29) is 0 Å². The van der Waals surface area contributed by atoms with Gasteiger partial charge in [-0.1, -0.05) is 0 Å². The number of fused-ring (bicyclic) bond motifs is 1. The van der Waals surface area contributed by atoms with Crippen LogP contribution in [0.4, 0.5) is 5.82 Å². The number of halogens is 2. The van der Waals surface area contributed by atoms with Crippen LogP contribution < -0.4 is 5.73 Å². The molecule has 0 unspecified atom stereocenters. The quantitative estimate of drug-likeness (QED) is 0.586. The molecule has 2 N–H and O–H groups in total. The molecule has 0 fully saturated rings. The topological polar surface area (TPSA) is 69.6 Å². The minimum absolute atomic E-state index is 0.450. The number of anilines is 1. The van der Waals surface area contributed by atoms with E-state index in [0.29, 0.717) is 26.6 Å². The molecule has 0 spiro atoms. The molecule has 2 heterocycles. The molecule has 16 heavy (non-hydrogen) atoms. The molecule has 0 aliphatic rings. The Morgan fingerprint density at radius 3 is 2.31 bits per heavy atom. The first kappa shape index (κ1) is 14.5. The van der Waals surface area contributed by atoms with Gasteiger partial charge in [0, 0.05) is 7.05 Å². The SMILES string of the molecule is Cc1nc(N)c2nc(C)n(C)c2n1.[I][V][I]. The predicted octanol–water partition coefficient (Wildman–Crippen LogP) is 2.33. The normalized spacial score (nSPS) is 9.81. The summed E-state index contributed by atoms with van der Waals surface area (Å²) in [6, 6.07) is 0. The maximum absolute atomic E-state index is 5.71. The molecule has 0 aliphatic carbocycles. The van der Waals surface area contributed by atoms with Crippen molar-refractivity contribution in [1.29, 1.82) is 0 Å². The van der Waals surface area contributed by atoms with E-state index >= 15 is 0 Å². The van der Waals surface area contributed by atoms with Crippen molar-refractivity contribution in [2.24, 2.45) is 7.05 Å². The molecule has 0 saturated carbocycles. The van der Waals surface area contributed by atoms with Crippen molar-refractivity contribution in [3.63, 3.8) is 0 Å². The van der Waals surface area contributed by atoms with Crippen molar-refractivity contribution in [2.75, 3.05) is 5.73 Å². The van der Waals surface area contributed by atoms with E-state index in [1.807, 2.05) is 25.5 Å². The van der Waals surface area contributed by atoms with Crippen LogP contribution in [0.2, 0.25) is 0 Å². The van der Waals surface area contributed by atoms with Crippen molar-refractivity contribution >= 4 is 56.9 Å². The molecule has 8 heteroatoms. The zero-order chi connectivity index (χ0) is 12.3. The first-order valence-electron chi connectivity index (χ1n) is 4.36. The Bertz CT molecular complexity index is 499. The third-order valence-corrected chi connectivity index (χ3v) is 2.08. The Kier molecular flexibility index (Phi) is 5.75. The second kappa shape index (κ2) is 6.36. The molecular weight excluding hydrogens is 471 g/mol. The Balaban J connectivity index is 0.000000386.